The van der Waals surface area contributed by atoms with Gasteiger partial charge in [0.05, 0.1) is 25.4 Å². The minimum absolute atomic E-state index is 0. The monoisotopic (exact) mass is 357 g/mol. The lowest BCUT2D eigenvalue weighted by Gasteiger charge is -2.42. The summed E-state index contributed by atoms with van der Waals surface area (Å²) < 4.78 is 10.7. The van der Waals surface area contributed by atoms with Crippen molar-refractivity contribution in [3.05, 3.63) is 0 Å². The van der Waals surface area contributed by atoms with Crippen LogP contribution in [0.3, 0.4) is 0 Å². The number of carbonyl (C=O) groups excluding carboxylic acids is 1. The van der Waals surface area contributed by atoms with Crippen LogP contribution in [0.5, 0.6) is 0 Å². The Bertz CT molecular complexity index is 345. The Balaban J connectivity index is 0.00000220. The lowest BCUT2D eigenvalue weighted by molar-refractivity contribution is -0.123. The summed E-state index contributed by atoms with van der Waals surface area (Å²) in [7, 11) is 1.69. The Hall–Kier alpha value is -0.110. The number of carbonyl (C=O) groups is 1. The number of morpholine rings is 1. The first-order valence-electron chi connectivity index (χ1n) is 7.39. The van der Waals surface area contributed by atoms with Gasteiger partial charge in [-0.3, -0.25) is 9.69 Å². The second-order valence-corrected chi connectivity index (χ2v) is 6.20. The van der Waals surface area contributed by atoms with E-state index >= 15 is 0 Å². The van der Waals surface area contributed by atoms with E-state index in [1.165, 1.54) is 0 Å². The average Bonchev–Trinajstić information content (AvgIpc) is 2.89. The summed E-state index contributed by atoms with van der Waals surface area (Å²) in [5.41, 5.74) is 0.0513. The van der Waals surface area contributed by atoms with Crippen molar-refractivity contribution in [3.8, 4) is 0 Å². The summed E-state index contributed by atoms with van der Waals surface area (Å²) >= 11 is 0. The predicted molar refractivity (Wildman–Crippen MR) is 91.2 cm³/mol. The third-order valence-electron chi connectivity index (χ3n) is 4.24. The van der Waals surface area contributed by atoms with Crippen molar-refractivity contribution in [1.29, 1.82) is 0 Å². The second-order valence-electron chi connectivity index (χ2n) is 6.20. The summed E-state index contributed by atoms with van der Waals surface area (Å²) in [6.45, 7) is 9.10. The molecule has 1 amide bonds. The second kappa shape index (κ2) is 9.90. The van der Waals surface area contributed by atoms with Crippen LogP contribution in [0.25, 0.3) is 0 Å². The third kappa shape index (κ3) is 5.83. The van der Waals surface area contributed by atoms with Crippen LogP contribution >= 0.6 is 24.8 Å². The quantitative estimate of drug-likeness (QED) is 0.747. The van der Waals surface area contributed by atoms with Gasteiger partial charge in [0.15, 0.2) is 0 Å². The largest absolute Gasteiger partial charge is 0.380 e. The number of hydrogen-bond acceptors (Lipinski definition) is 5. The molecule has 2 saturated heterocycles. The Morgan fingerprint density at radius 3 is 2.77 bits per heavy atom. The van der Waals surface area contributed by atoms with Gasteiger partial charge in [0.2, 0.25) is 5.91 Å². The molecule has 0 radical (unpaired) electrons. The Labute approximate surface area is 145 Å². The zero-order valence-corrected chi connectivity index (χ0v) is 15.2. The van der Waals surface area contributed by atoms with Crippen LogP contribution in [0.1, 0.15) is 20.3 Å². The molecule has 0 bridgehead atoms. The predicted octanol–water partition coefficient (Wildman–Crippen LogP) is 0.434. The fourth-order valence-corrected chi connectivity index (χ4v) is 2.82. The Morgan fingerprint density at radius 1 is 1.45 bits per heavy atom. The molecular formula is C14H29Cl2N3O3. The molecular weight excluding hydrogens is 329 g/mol. The maximum absolute atomic E-state index is 12.0. The lowest BCUT2D eigenvalue weighted by atomic mass is 10.0. The number of nitrogens with zero attached hydrogens (tertiary/aromatic N) is 1. The first-order valence-corrected chi connectivity index (χ1v) is 7.39. The molecule has 2 aliphatic rings. The smallest absolute Gasteiger partial charge is 0.237 e. The molecule has 22 heavy (non-hydrogen) atoms. The van der Waals surface area contributed by atoms with Crippen molar-refractivity contribution in [2.75, 3.05) is 46.5 Å². The van der Waals surface area contributed by atoms with Gasteiger partial charge < -0.3 is 20.1 Å². The maximum Gasteiger partial charge on any atom is 0.237 e. The molecule has 0 aromatic carbocycles. The summed E-state index contributed by atoms with van der Waals surface area (Å²) in [6.07, 6.45) is 0.912. The summed E-state index contributed by atoms with van der Waals surface area (Å²) in [4.78, 5) is 14.4. The van der Waals surface area contributed by atoms with E-state index in [-0.39, 0.29) is 48.4 Å². The number of halogens is 2. The third-order valence-corrected chi connectivity index (χ3v) is 4.24. The number of nitrogens with one attached hydrogen (secondary N) is 2. The molecule has 0 spiro atoms. The van der Waals surface area contributed by atoms with Gasteiger partial charge in [0.25, 0.3) is 0 Å². The highest BCUT2D eigenvalue weighted by molar-refractivity contribution is 5.85. The van der Waals surface area contributed by atoms with Crippen LogP contribution in [0.2, 0.25) is 0 Å². The van der Waals surface area contributed by atoms with Crippen LogP contribution in [0.15, 0.2) is 0 Å². The van der Waals surface area contributed by atoms with Crippen molar-refractivity contribution in [1.82, 2.24) is 15.5 Å². The molecule has 2 heterocycles. The molecule has 2 N–H and O–H groups in total. The van der Waals surface area contributed by atoms with Crippen molar-refractivity contribution in [3.63, 3.8) is 0 Å². The van der Waals surface area contributed by atoms with Gasteiger partial charge in [0, 0.05) is 38.8 Å². The van der Waals surface area contributed by atoms with Crippen LogP contribution in [0, 0.1) is 0 Å². The molecule has 6 nitrogen and oxygen atoms in total. The standard InChI is InChI=1S/C14H27N3O3.2ClH/c1-14(2)10-20-7-6-17(14)5-4-15-13(18)12-8-11(19-3)9-16-12;;/h11-12,16H,4-10H2,1-3H3,(H,15,18);2*1H/t11-,12-;;/m0../s1. The zero-order valence-electron chi connectivity index (χ0n) is 13.6. The van der Waals surface area contributed by atoms with Gasteiger partial charge in [-0.05, 0) is 20.3 Å². The number of ether oxygens (including phenoxy) is 2. The van der Waals surface area contributed by atoms with E-state index < -0.39 is 0 Å². The first kappa shape index (κ1) is 21.9. The molecule has 2 rings (SSSR count). The van der Waals surface area contributed by atoms with Crippen molar-refractivity contribution < 1.29 is 14.3 Å². The SMILES string of the molecule is CO[C@@H]1CN[C@H](C(=O)NCCN2CCOCC2(C)C)C1.Cl.Cl. The minimum Gasteiger partial charge on any atom is -0.380 e. The summed E-state index contributed by atoms with van der Waals surface area (Å²) in [6, 6.07) is -0.113. The van der Waals surface area contributed by atoms with E-state index in [1.807, 2.05) is 0 Å². The molecule has 132 valence electrons. The highest BCUT2D eigenvalue weighted by atomic mass is 35.5. The summed E-state index contributed by atoms with van der Waals surface area (Å²) in [5.74, 6) is 0.0793. The normalized spacial score (nSPS) is 27.6. The molecule has 0 aromatic heterocycles. The molecule has 0 aromatic rings. The van der Waals surface area contributed by atoms with E-state index in [0.717, 1.165) is 39.3 Å². The number of methoxy groups -OCH3 is 1. The molecule has 2 atom stereocenters. The molecule has 8 heteroatoms. The molecule has 0 unspecified atom stereocenters. The first-order chi connectivity index (χ1) is 9.53. The van der Waals surface area contributed by atoms with Gasteiger partial charge in [-0.15, -0.1) is 24.8 Å². The van der Waals surface area contributed by atoms with Gasteiger partial charge in [-0.2, -0.15) is 0 Å². The van der Waals surface area contributed by atoms with Crippen LogP contribution < -0.4 is 10.6 Å². The number of amides is 1. The number of rotatable bonds is 5. The number of hydrogen-bond donors (Lipinski definition) is 2. The molecule has 2 aliphatic heterocycles. The van der Waals surface area contributed by atoms with Crippen molar-refractivity contribution in [2.24, 2.45) is 0 Å². The van der Waals surface area contributed by atoms with Gasteiger partial charge >= 0.3 is 0 Å². The van der Waals surface area contributed by atoms with E-state index in [1.54, 1.807) is 7.11 Å². The van der Waals surface area contributed by atoms with Crippen molar-refractivity contribution in [2.45, 2.75) is 38.0 Å². The molecule has 0 aliphatic carbocycles. The zero-order chi connectivity index (χ0) is 14.6. The molecule has 2 fully saturated rings. The van der Waals surface area contributed by atoms with Gasteiger partial charge in [-0.25, -0.2) is 0 Å². The fourth-order valence-electron chi connectivity index (χ4n) is 2.82. The highest BCUT2D eigenvalue weighted by Gasteiger charge is 2.31. The van der Waals surface area contributed by atoms with E-state index in [4.69, 9.17) is 9.47 Å². The van der Waals surface area contributed by atoms with Crippen LogP contribution in [0.4, 0.5) is 0 Å². The minimum atomic E-state index is -0.113. The fraction of sp³-hybridized carbons (Fsp3) is 0.929. The Morgan fingerprint density at radius 2 is 2.18 bits per heavy atom. The highest BCUT2D eigenvalue weighted by Crippen LogP contribution is 2.17. The van der Waals surface area contributed by atoms with E-state index in [2.05, 4.69) is 29.4 Å². The van der Waals surface area contributed by atoms with Crippen molar-refractivity contribution >= 4 is 30.7 Å². The lowest BCUT2D eigenvalue weighted by Crippen LogP contribution is -2.55. The average molecular weight is 358 g/mol. The van der Waals surface area contributed by atoms with Crippen LogP contribution in [-0.4, -0.2) is 75.0 Å². The molecule has 0 saturated carbocycles. The Kier molecular flexibility index (Phi) is 9.85. The van der Waals surface area contributed by atoms with E-state index in [9.17, 15) is 4.79 Å². The van der Waals surface area contributed by atoms with Gasteiger partial charge in [-0.1, -0.05) is 0 Å². The van der Waals surface area contributed by atoms with Crippen LogP contribution in [-0.2, 0) is 14.3 Å². The summed E-state index contributed by atoms with van der Waals surface area (Å²) in [5, 5.41) is 6.21. The van der Waals surface area contributed by atoms with Gasteiger partial charge in [0.1, 0.15) is 0 Å². The topological polar surface area (TPSA) is 62.8 Å². The van der Waals surface area contributed by atoms with E-state index in [0.29, 0.717) is 6.54 Å². The maximum atomic E-state index is 12.0.